The Balaban J connectivity index is 1.27. The van der Waals surface area contributed by atoms with E-state index in [0.29, 0.717) is 24.7 Å². The summed E-state index contributed by atoms with van der Waals surface area (Å²) in [4.78, 5) is 18.9. The molecule has 0 aliphatic carbocycles. The number of benzene rings is 2. The first-order chi connectivity index (χ1) is 17.4. The molecule has 2 aliphatic rings. The van der Waals surface area contributed by atoms with Crippen LogP contribution in [0.15, 0.2) is 48.5 Å². The molecule has 0 radical (unpaired) electrons. The fourth-order valence-electron chi connectivity index (χ4n) is 5.45. The number of carbonyl (C=O) groups excluding carboxylic acids is 1. The number of aromatic nitrogens is 2. The van der Waals surface area contributed by atoms with Crippen molar-refractivity contribution in [2.24, 2.45) is 5.73 Å². The third-order valence-electron chi connectivity index (χ3n) is 7.43. The molecule has 3 heterocycles. The van der Waals surface area contributed by atoms with Gasteiger partial charge < -0.3 is 15.5 Å². The average molecular weight is 507 g/mol. The number of piperazine rings is 1. The summed E-state index contributed by atoms with van der Waals surface area (Å²) in [6.07, 6.45) is 0.789. The van der Waals surface area contributed by atoms with E-state index in [4.69, 9.17) is 22.4 Å². The minimum Gasteiger partial charge on any atom is -0.369 e. The van der Waals surface area contributed by atoms with Crippen LogP contribution < -0.4 is 10.6 Å². The number of para-hydroxylation sites is 1. The van der Waals surface area contributed by atoms with Gasteiger partial charge >= 0.3 is 0 Å². The maximum Gasteiger partial charge on any atom is 0.219 e. The summed E-state index contributed by atoms with van der Waals surface area (Å²) < 4.78 is 2.09. The Hall–Kier alpha value is -2.87. The first-order valence-corrected chi connectivity index (χ1v) is 13.2. The lowest BCUT2D eigenvalue weighted by Gasteiger charge is -2.37. The lowest BCUT2D eigenvalue weighted by molar-refractivity contribution is -0.129. The highest BCUT2D eigenvalue weighted by Gasteiger charge is 2.28. The monoisotopic (exact) mass is 506 g/mol. The minimum atomic E-state index is -0.0251. The fourth-order valence-corrected chi connectivity index (χ4v) is 5.58. The number of hydrogen-bond donors (Lipinski definition) is 1. The first kappa shape index (κ1) is 24.8. The number of halogens is 1. The van der Waals surface area contributed by atoms with Crippen LogP contribution in [0.5, 0.6) is 0 Å². The van der Waals surface area contributed by atoms with Crippen molar-refractivity contribution < 1.29 is 4.79 Å². The van der Waals surface area contributed by atoms with Crippen molar-refractivity contribution in [3.63, 3.8) is 0 Å². The zero-order valence-corrected chi connectivity index (χ0v) is 21.9. The molecule has 1 saturated heterocycles. The average Bonchev–Trinajstić information content (AvgIpc) is 3.22. The van der Waals surface area contributed by atoms with Crippen molar-refractivity contribution >= 4 is 23.2 Å². The maximum atomic E-state index is 12.1. The van der Waals surface area contributed by atoms with Crippen LogP contribution in [-0.2, 0) is 24.3 Å². The Morgan fingerprint density at radius 1 is 1.03 bits per heavy atom. The third-order valence-corrected chi connectivity index (χ3v) is 7.68. The van der Waals surface area contributed by atoms with Crippen molar-refractivity contribution in [2.75, 3.05) is 44.2 Å². The molecule has 36 heavy (non-hydrogen) atoms. The molecule has 2 aromatic carbocycles. The van der Waals surface area contributed by atoms with Gasteiger partial charge in [0.15, 0.2) is 0 Å². The number of fused-ring (bicyclic) bond motifs is 1. The van der Waals surface area contributed by atoms with E-state index in [1.807, 2.05) is 29.2 Å². The zero-order valence-electron chi connectivity index (χ0n) is 21.2. The van der Waals surface area contributed by atoms with Gasteiger partial charge in [-0.1, -0.05) is 41.9 Å². The minimum absolute atomic E-state index is 0.0251. The molecule has 2 N–H and O–H groups in total. The van der Waals surface area contributed by atoms with Gasteiger partial charge in [-0.2, -0.15) is 5.10 Å². The van der Waals surface area contributed by atoms with Gasteiger partial charge in [0.05, 0.1) is 12.2 Å². The molecule has 1 fully saturated rings. The van der Waals surface area contributed by atoms with Crippen LogP contribution in [0.2, 0.25) is 5.02 Å². The highest BCUT2D eigenvalue weighted by molar-refractivity contribution is 6.30. The molecule has 0 spiro atoms. The second-order valence-corrected chi connectivity index (χ2v) is 10.4. The normalized spacial score (nSPS) is 17.2. The fraction of sp³-hybridized carbons (Fsp3) is 0.429. The van der Waals surface area contributed by atoms with E-state index >= 15 is 0 Å². The van der Waals surface area contributed by atoms with Crippen LogP contribution in [0.1, 0.15) is 23.7 Å². The number of anilines is 1. The van der Waals surface area contributed by atoms with Gasteiger partial charge in [-0.3, -0.25) is 14.4 Å². The second kappa shape index (κ2) is 10.6. The molecule has 3 aromatic rings. The van der Waals surface area contributed by atoms with Crippen LogP contribution >= 0.6 is 11.6 Å². The Labute approximate surface area is 218 Å². The van der Waals surface area contributed by atoms with Gasteiger partial charge in [0.25, 0.3) is 0 Å². The summed E-state index contributed by atoms with van der Waals surface area (Å²) in [5.41, 5.74) is 13.6. The summed E-state index contributed by atoms with van der Waals surface area (Å²) >= 11 is 6.12. The van der Waals surface area contributed by atoms with Crippen molar-refractivity contribution in [3.8, 4) is 11.3 Å². The van der Waals surface area contributed by atoms with E-state index in [2.05, 4.69) is 45.7 Å². The zero-order chi connectivity index (χ0) is 25.2. The van der Waals surface area contributed by atoms with Crippen LogP contribution in [0, 0.1) is 6.92 Å². The van der Waals surface area contributed by atoms with E-state index in [1.54, 1.807) is 6.92 Å². The summed E-state index contributed by atoms with van der Waals surface area (Å²) in [7, 11) is 0. The topological polar surface area (TPSA) is 70.6 Å². The van der Waals surface area contributed by atoms with Gasteiger partial charge in [0.1, 0.15) is 0 Å². The second-order valence-electron chi connectivity index (χ2n) is 9.99. The molecule has 1 unspecified atom stereocenters. The van der Waals surface area contributed by atoms with Gasteiger partial charge in [0, 0.05) is 92.7 Å². The molecule has 2 aliphatic heterocycles. The van der Waals surface area contributed by atoms with Crippen molar-refractivity contribution in [2.45, 2.75) is 39.4 Å². The van der Waals surface area contributed by atoms with Gasteiger partial charge in [0.2, 0.25) is 5.91 Å². The molecule has 1 amide bonds. The number of nitrogens with zero attached hydrogens (tertiary/aromatic N) is 5. The first-order valence-electron chi connectivity index (χ1n) is 12.8. The molecular weight excluding hydrogens is 472 g/mol. The highest BCUT2D eigenvalue weighted by Crippen LogP contribution is 2.31. The van der Waals surface area contributed by atoms with E-state index in [0.717, 1.165) is 56.0 Å². The van der Waals surface area contributed by atoms with E-state index in [-0.39, 0.29) is 11.9 Å². The number of nitrogens with two attached hydrogens (primary N) is 1. The van der Waals surface area contributed by atoms with Gasteiger partial charge in [-0.25, -0.2) is 0 Å². The summed E-state index contributed by atoms with van der Waals surface area (Å²) in [6.45, 7) is 10.6. The molecular formula is C28H35ClN6O. The molecule has 1 atom stereocenters. The molecule has 7 nitrogen and oxygen atoms in total. The quantitative estimate of drug-likeness (QED) is 0.553. The number of aryl methyl sites for hydroxylation is 1. The molecule has 190 valence electrons. The van der Waals surface area contributed by atoms with Crippen LogP contribution in [0.25, 0.3) is 11.3 Å². The van der Waals surface area contributed by atoms with Crippen LogP contribution in [-0.4, -0.2) is 70.8 Å². The summed E-state index contributed by atoms with van der Waals surface area (Å²) in [6, 6.07) is 16.3. The Kier molecular flexibility index (Phi) is 7.32. The van der Waals surface area contributed by atoms with E-state index < -0.39 is 0 Å². The SMILES string of the molecule is CC(=O)N1CCc2c(c(-c3ccc(Cl)cc3)nn2CC(N)CN2CCN(c3ccccc3C)CC2)C1. The molecule has 0 bridgehead atoms. The van der Waals surface area contributed by atoms with E-state index in [1.165, 1.54) is 16.9 Å². The number of carbonyl (C=O) groups is 1. The third kappa shape index (κ3) is 5.28. The van der Waals surface area contributed by atoms with E-state index in [9.17, 15) is 4.79 Å². The van der Waals surface area contributed by atoms with Gasteiger partial charge in [-0.15, -0.1) is 0 Å². The van der Waals surface area contributed by atoms with Crippen molar-refractivity contribution in [3.05, 3.63) is 70.4 Å². The lowest BCUT2D eigenvalue weighted by atomic mass is 10.0. The number of hydrogen-bond acceptors (Lipinski definition) is 5. The Bertz CT molecular complexity index is 1220. The molecule has 8 heteroatoms. The summed E-state index contributed by atoms with van der Waals surface area (Å²) in [5, 5.41) is 5.71. The van der Waals surface area contributed by atoms with Crippen molar-refractivity contribution in [1.82, 2.24) is 19.6 Å². The number of amides is 1. The lowest BCUT2D eigenvalue weighted by Crippen LogP contribution is -2.51. The van der Waals surface area contributed by atoms with Crippen molar-refractivity contribution in [1.29, 1.82) is 0 Å². The van der Waals surface area contributed by atoms with Crippen LogP contribution in [0.4, 0.5) is 5.69 Å². The Morgan fingerprint density at radius 3 is 2.44 bits per heavy atom. The maximum absolute atomic E-state index is 12.1. The highest BCUT2D eigenvalue weighted by atomic mass is 35.5. The smallest absolute Gasteiger partial charge is 0.219 e. The van der Waals surface area contributed by atoms with Gasteiger partial charge in [-0.05, 0) is 30.7 Å². The molecule has 5 rings (SSSR count). The predicted molar refractivity (Wildman–Crippen MR) is 145 cm³/mol. The van der Waals surface area contributed by atoms with Crippen LogP contribution in [0.3, 0.4) is 0 Å². The molecule has 0 saturated carbocycles. The standard InChI is InChI=1S/C28H35ClN6O/c1-20-5-3-4-6-26(20)33-15-13-32(14-16-33)17-24(30)18-35-27-11-12-34(21(2)36)19-25(27)28(31-35)22-7-9-23(29)10-8-22/h3-10,24H,11-19,30H2,1-2H3. The number of rotatable bonds is 6. The predicted octanol–water partition coefficient (Wildman–Crippen LogP) is 3.57. The Morgan fingerprint density at radius 2 is 1.75 bits per heavy atom. The molecule has 1 aromatic heterocycles. The summed E-state index contributed by atoms with van der Waals surface area (Å²) in [5.74, 6) is 0.0944. The largest absolute Gasteiger partial charge is 0.369 e.